The van der Waals surface area contributed by atoms with Gasteiger partial charge in [0, 0.05) is 12.2 Å². The van der Waals surface area contributed by atoms with E-state index in [9.17, 15) is 4.79 Å². The maximum atomic E-state index is 10.7. The lowest BCUT2D eigenvalue weighted by atomic mass is 10.2. The zero-order valence-corrected chi connectivity index (χ0v) is 8.16. The quantitative estimate of drug-likeness (QED) is 0.646. The summed E-state index contributed by atoms with van der Waals surface area (Å²) >= 11 is 0. The molecule has 2 nitrogen and oxygen atoms in total. The first kappa shape index (κ1) is 9.78. The van der Waals surface area contributed by atoms with Crippen molar-refractivity contribution in [3.8, 4) is 0 Å². The largest absolute Gasteiger partial charge is 0.315 e. The molecule has 1 rings (SSSR count). The first-order valence-corrected chi connectivity index (χ1v) is 4.56. The van der Waals surface area contributed by atoms with E-state index in [1.165, 1.54) is 5.56 Å². The molecule has 0 spiro atoms. The molecular weight excluding hydrogens is 162 g/mol. The average molecular weight is 177 g/mol. The minimum absolute atomic E-state index is 0.784. The predicted molar refractivity (Wildman–Crippen MR) is 54.9 cm³/mol. The molecule has 0 saturated heterocycles. The van der Waals surface area contributed by atoms with Gasteiger partial charge in [0.1, 0.15) is 0 Å². The number of anilines is 1. The number of hydrogen-bond donors (Lipinski definition) is 0. The van der Waals surface area contributed by atoms with Gasteiger partial charge in [-0.2, -0.15) is 0 Å². The Morgan fingerprint density at radius 2 is 1.92 bits per heavy atom. The lowest BCUT2D eigenvalue weighted by molar-refractivity contribution is -0.107. The molecule has 13 heavy (non-hydrogen) atoms. The van der Waals surface area contributed by atoms with Gasteiger partial charge in [0.15, 0.2) is 0 Å². The zero-order chi connectivity index (χ0) is 9.68. The molecule has 0 N–H and O–H groups in total. The van der Waals surface area contributed by atoms with Crippen LogP contribution in [0.4, 0.5) is 5.69 Å². The van der Waals surface area contributed by atoms with E-state index < -0.39 is 0 Å². The minimum atomic E-state index is 0.784. The molecule has 0 bridgehead atoms. The number of hydrogen-bond acceptors (Lipinski definition) is 1. The molecule has 1 aromatic rings. The van der Waals surface area contributed by atoms with Crippen molar-refractivity contribution in [1.29, 1.82) is 0 Å². The normalized spacial score (nSPS) is 9.69. The van der Waals surface area contributed by atoms with Gasteiger partial charge in [-0.05, 0) is 25.5 Å². The van der Waals surface area contributed by atoms with E-state index in [2.05, 4.69) is 6.92 Å². The molecule has 70 valence electrons. The van der Waals surface area contributed by atoms with Gasteiger partial charge in [0.2, 0.25) is 6.41 Å². The SMILES string of the molecule is CCCN(C=O)c1ccc(C)cc1. The van der Waals surface area contributed by atoms with Gasteiger partial charge in [-0.1, -0.05) is 24.6 Å². The Hall–Kier alpha value is -1.31. The minimum Gasteiger partial charge on any atom is -0.315 e. The molecule has 0 aliphatic heterocycles. The Kier molecular flexibility index (Phi) is 3.50. The maximum Gasteiger partial charge on any atom is 0.214 e. The van der Waals surface area contributed by atoms with Crippen molar-refractivity contribution in [2.45, 2.75) is 20.3 Å². The summed E-state index contributed by atoms with van der Waals surface area (Å²) in [4.78, 5) is 12.4. The van der Waals surface area contributed by atoms with Crippen LogP contribution in [0.5, 0.6) is 0 Å². The van der Waals surface area contributed by atoms with Gasteiger partial charge in [-0.25, -0.2) is 0 Å². The van der Waals surface area contributed by atoms with Crippen LogP contribution in [0.2, 0.25) is 0 Å². The van der Waals surface area contributed by atoms with Crippen molar-refractivity contribution in [3.63, 3.8) is 0 Å². The van der Waals surface area contributed by atoms with Gasteiger partial charge in [-0.3, -0.25) is 4.79 Å². The third kappa shape index (κ3) is 2.58. The zero-order valence-electron chi connectivity index (χ0n) is 8.16. The summed E-state index contributed by atoms with van der Waals surface area (Å²) in [7, 11) is 0. The molecule has 1 amide bonds. The Morgan fingerprint density at radius 1 is 1.31 bits per heavy atom. The van der Waals surface area contributed by atoms with E-state index in [4.69, 9.17) is 0 Å². The number of amides is 1. The second-order valence-electron chi connectivity index (χ2n) is 3.13. The molecule has 0 radical (unpaired) electrons. The Labute approximate surface area is 79.2 Å². The summed E-state index contributed by atoms with van der Waals surface area (Å²) in [6.45, 7) is 4.88. The summed E-state index contributed by atoms with van der Waals surface area (Å²) in [5.74, 6) is 0. The summed E-state index contributed by atoms with van der Waals surface area (Å²) < 4.78 is 0. The molecule has 0 unspecified atom stereocenters. The highest BCUT2D eigenvalue weighted by Gasteiger charge is 2.01. The third-order valence-electron chi connectivity index (χ3n) is 1.96. The van der Waals surface area contributed by atoms with Crippen LogP contribution < -0.4 is 4.90 Å². The van der Waals surface area contributed by atoms with Crippen LogP contribution in [0.1, 0.15) is 18.9 Å². The Balaban J connectivity index is 2.79. The lowest BCUT2D eigenvalue weighted by Crippen LogP contribution is -2.21. The number of rotatable bonds is 4. The van der Waals surface area contributed by atoms with Crippen molar-refractivity contribution in [2.75, 3.05) is 11.4 Å². The summed E-state index contributed by atoms with van der Waals surface area (Å²) in [6.07, 6.45) is 1.86. The van der Waals surface area contributed by atoms with E-state index in [-0.39, 0.29) is 0 Å². The summed E-state index contributed by atoms with van der Waals surface area (Å²) in [5, 5.41) is 0. The van der Waals surface area contributed by atoms with Crippen LogP contribution in [-0.2, 0) is 4.79 Å². The van der Waals surface area contributed by atoms with Gasteiger partial charge in [0.05, 0.1) is 0 Å². The standard InChI is InChI=1S/C11H15NO/c1-3-8-12(9-13)11-6-4-10(2)5-7-11/h4-7,9H,3,8H2,1-2H3. The monoisotopic (exact) mass is 177 g/mol. The van der Waals surface area contributed by atoms with Gasteiger partial charge < -0.3 is 4.90 Å². The van der Waals surface area contributed by atoms with E-state index in [0.717, 1.165) is 25.1 Å². The fraction of sp³-hybridized carbons (Fsp3) is 0.364. The second-order valence-corrected chi connectivity index (χ2v) is 3.13. The topological polar surface area (TPSA) is 20.3 Å². The first-order chi connectivity index (χ1) is 6.27. The molecule has 1 aromatic carbocycles. The smallest absolute Gasteiger partial charge is 0.214 e. The first-order valence-electron chi connectivity index (χ1n) is 4.56. The van der Waals surface area contributed by atoms with Crippen molar-refractivity contribution in [1.82, 2.24) is 0 Å². The van der Waals surface area contributed by atoms with Crippen LogP contribution in [0.3, 0.4) is 0 Å². The number of carbonyl (C=O) groups is 1. The highest BCUT2D eigenvalue weighted by Crippen LogP contribution is 2.13. The fourth-order valence-electron chi connectivity index (χ4n) is 1.22. The average Bonchev–Trinajstić information content (AvgIpc) is 2.16. The Morgan fingerprint density at radius 3 is 2.38 bits per heavy atom. The lowest BCUT2D eigenvalue weighted by Gasteiger charge is -2.16. The predicted octanol–water partition coefficient (Wildman–Crippen LogP) is 2.37. The van der Waals surface area contributed by atoms with Gasteiger partial charge in [0.25, 0.3) is 0 Å². The highest BCUT2D eigenvalue weighted by molar-refractivity contribution is 5.74. The molecule has 0 aliphatic rings. The van der Waals surface area contributed by atoms with Crippen molar-refractivity contribution in [3.05, 3.63) is 29.8 Å². The highest BCUT2D eigenvalue weighted by atomic mass is 16.1. The van der Waals surface area contributed by atoms with Crippen molar-refractivity contribution in [2.24, 2.45) is 0 Å². The fourth-order valence-corrected chi connectivity index (χ4v) is 1.22. The molecule has 0 fully saturated rings. The number of aryl methyl sites for hydroxylation is 1. The van der Waals surface area contributed by atoms with Crippen LogP contribution in [0.25, 0.3) is 0 Å². The summed E-state index contributed by atoms with van der Waals surface area (Å²) in [5.41, 5.74) is 2.19. The molecule has 0 atom stereocenters. The van der Waals surface area contributed by atoms with Crippen LogP contribution in [0, 0.1) is 6.92 Å². The van der Waals surface area contributed by atoms with Crippen LogP contribution in [-0.4, -0.2) is 13.0 Å². The number of carbonyl (C=O) groups excluding carboxylic acids is 1. The summed E-state index contributed by atoms with van der Waals surface area (Å²) in [6, 6.07) is 7.97. The van der Waals surface area contributed by atoms with E-state index >= 15 is 0 Å². The number of nitrogens with zero attached hydrogens (tertiary/aromatic N) is 1. The third-order valence-corrected chi connectivity index (χ3v) is 1.96. The van der Waals surface area contributed by atoms with E-state index in [0.29, 0.717) is 0 Å². The molecule has 0 aliphatic carbocycles. The van der Waals surface area contributed by atoms with E-state index in [1.54, 1.807) is 4.90 Å². The molecule has 0 aromatic heterocycles. The van der Waals surface area contributed by atoms with Crippen LogP contribution in [0.15, 0.2) is 24.3 Å². The Bertz CT molecular complexity index is 266. The van der Waals surface area contributed by atoms with Crippen molar-refractivity contribution >= 4 is 12.1 Å². The van der Waals surface area contributed by atoms with E-state index in [1.807, 2.05) is 31.2 Å². The molecule has 2 heteroatoms. The molecule has 0 saturated carbocycles. The van der Waals surface area contributed by atoms with Crippen LogP contribution >= 0.6 is 0 Å². The van der Waals surface area contributed by atoms with Gasteiger partial charge in [-0.15, -0.1) is 0 Å². The molecular formula is C11H15NO. The number of benzene rings is 1. The van der Waals surface area contributed by atoms with Gasteiger partial charge >= 0.3 is 0 Å². The van der Waals surface area contributed by atoms with Crippen molar-refractivity contribution < 1.29 is 4.79 Å². The second kappa shape index (κ2) is 4.65. The molecule has 0 heterocycles. The maximum absolute atomic E-state index is 10.7.